The minimum absolute atomic E-state index is 0.0400. The quantitative estimate of drug-likeness (QED) is 0.455. The maximum absolute atomic E-state index is 12.3. The zero-order valence-electron chi connectivity index (χ0n) is 13.7. The van der Waals surface area contributed by atoms with E-state index < -0.39 is 0 Å². The predicted molar refractivity (Wildman–Crippen MR) is 100 cm³/mol. The molecule has 0 amide bonds. The van der Waals surface area contributed by atoms with Crippen molar-refractivity contribution in [2.45, 2.75) is 25.0 Å². The number of hydrogen-bond acceptors (Lipinski definition) is 5. The van der Waals surface area contributed by atoms with Crippen LogP contribution in [0.5, 0.6) is 0 Å². The van der Waals surface area contributed by atoms with E-state index in [1.165, 1.54) is 11.8 Å². The van der Waals surface area contributed by atoms with Crippen LogP contribution in [0, 0.1) is 0 Å². The number of benzene rings is 1. The monoisotopic (exact) mass is 372 g/mol. The van der Waals surface area contributed by atoms with Gasteiger partial charge < -0.3 is 4.57 Å². The Kier molecular flexibility index (Phi) is 5.83. The molecule has 0 aliphatic carbocycles. The molecule has 25 heavy (non-hydrogen) atoms. The number of thioether (sulfide) groups is 1. The summed E-state index contributed by atoms with van der Waals surface area (Å²) in [6.07, 6.45) is 4.42. The van der Waals surface area contributed by atoms with E-state index >= 15 is 0 Å². The molecule has 3 rings (SSSR count). The number of hydrogen-bond donors (Lipinski definition) is 0. The lowest BCUT2D eigenvalue weighted by Crippen LogP contribution is -2.06. The number of ketones is 1. The van der Waals surface area contributed by atoms with Gasteiger partial charge in [-0.1, -0.05) is 30.3 Å². The molecule has 0 fully saturated rings. The Morgan fingerprint density at radius 2 is 1.84 bits per heavy atom. The highest BCUT2D eigenvalue weighted by Crippen LogP contribution is 2.24. The van der Waals surface area contributed by atoms with Crippen LogP contribution in [0.4, 0.5) is 0 Å². The highest BCUT2D eigenvalue weighted by atomic mass is 35.5. The first-order chi connectivity index (χ1) is 12.2. The molecule has 0 atom stereocenters. The molecule has 0 radical (unpaired) electrons. The van der Waals surface area contributed by atoms with Crippen LogP contribution in [0.1, 0.15) is 23.7 Å². The van der Waals surface area contributed by atoms with Crippen molar-refractivity contribution in [1.29, 1.82) is 0 Å². The standard InChI is InChI=1S/C18H17ClN4OS/c1-2-11-23-17(14-7-9-20-10-8-14)21-22-18(23)25-12-16(24)13-3-5-15(19)6-4-13/h3-10H,2,11-12H2,1H3. The summed E-state index contributed by atoms with van der Waals surface area (Å²) in [5.74, 6) is 1.14. The average Bonchev–Trinajstić information content (AvgIpc) is 3.04. The van der Waals surface area contributed by atoms with Gasteiger partial charge in [0.15, 0.2) is 16.8 Å². The Balaban J connectivity index is 1.77. The first kappa shape index (κ1) is 17.6. The molecule has 0 bridgehead atoms. The topological polar surface area (TPSA) is 60.7 Å². The van der Waals surface area contributed by atoms with Crippen molar-refractivity contribution in [3.8, 4) is 11.4 Å². The molecular weight excluding hydrogens is 356 g/mol. The SMILES string of the molecule is CCCn1c(SCC(=O)c2ccc(Cl)cc2)nnc1-c1ccncc1. The number of carbonyl (C=O) groups excluding carboxylic acids is 1. The second kappa shape index (κ2) is 8.27. The summed E-state index contributed by atoms with van der Waals surface area (Å²) in [5, 5.41) is 9.94. The number of nitrogens with zero attached hydrogens (tertiary/aromatic N) is 4. The molecule has 128 valence electrons. The van der Waals surface area contributed by atoms with Crippen LogP contribution in [0.2, 0.25) is 5.02 Å². The first-order valence-electron chi connectivity index (χ1n) is 7.94. The van der Waals surface area contributed by atoms with E-state index in [1.807, 2.05) is 12.1 Å². The van der Waals surface area contributed by atoms with Gasteiger partial charge in [-0.25, -0.2) is 0 Å². The van der Waals surface area contributed by atoms with Gasteiger partial charge in [0.1, 0.15) is 0 Å². The molecule has 2 heterocycles. The average molecular weight is 373 g/mol. The molecule has 0 spiro atoms. The third-order valence-corrected chi connectivity index (χ3v) is 4.82. The van der Waals surface area contributed by atoms with Crippen LogP contribution in [0.15, 0.2) is 53.9 Å². The van der Waals surface area contributed by atoms with Crippen LogP contribution in [0.3, 0.4) is 0 Å². The largest absolute Gasteiger partial charge is 0.302 e. The zero-order valence-corrected chi connectivity index (χ0v) is 15.3. The van der Waals surface area contributed by atoms with Crippen molar-refractivity contribution in [1.82, 2.24) is 19.7 Å². The summed E-state index contributed by atoms with van der Waals surface area (Å²) < 4.78 is 2.05. The van der Waals surface area contributed by atoms with Gasteiger partial charge >= 0.3 is 0 Å². The van der Waals surface area contributed by atoms with E-state index in [-0.39, 0.29) is 5.78 Å². The zero-order chi connectivity index (χ0) is 17.6. The molecule has 5 nitrogen and oxygen atoms in total. The number of Topliss-reactive ketones (excluding diaryl/α,β-unsaturated/α-hetero) is 1. The van der Waals surface area contributed by atoms with Gasteiger partial charge in [0.05, 0.1) is 5.75 Å². The van der Waals surface area contributed by atoms with Gasteiger partial charge in [-0.3, -0.25) is 9.78 Å². The molecular formula is C18H17ClN4OS. The van der Waals surface area contributed by atoms with Crippen LogP contribution >= 0.6 is 23.4 Å². The summed E-state index contributed by atoms with van der Waals surface area (Å²) in [7, 11) is 0. The third kappa shape index (κ3) is 4.27. The Labute approximate surface area is 155 Å². The molecule has 0 saturated heterocycles. The number of aromatic nitrogens is 4. The van der Waals surface area contributed by atoms with E-state index in [4.69, 9.17) is 11.6 Å². The van der Waals surface area contributed by atoms with E-state index in [0.29, 0.717) is 16.3 Å². The highest BCUT2D eigenvalue weighted by molar-refractivity contribution is 7.99. The molecule has 0 N–H and O–H groups in total. The fraction of sp³-hybridized carbons (Fsp3) is 0.222. The van der Waals surface area contributed by atoms with E-state index in [0.717, 1.165) is 29.5 Å². The summed E-state index contributed by atoms with van der Waals surface area (Å²) in [4.78, 5) is 16.4. The number of rotatable bonds is 7. The van der Waals surface area contributed by atoms with Crippen molar-refractivity contribution in [3.63, 3.8) is 0 Å². The van der Waals surface area contributed by atoms with Gasteiger partial charge in [0.25, 0.3) is 0 Å². The normalized spacial score (nSPS) is 10.8. The second-order valence-corrected chi connectivity index (χ2v) is 6.79. The molecule has 7 heteroatoms. The predicted octanol–water partition coefficient (Wildman–Crippen LogP) is 4.38. The molecule has 0 saturated carbocycles. The van der Waals surface area contributed by atoms with Gasteiger partial charge in [-0.15, -0.1) is 10.2 Å². The van der Waals surface area contributed by atoms with Gasteiger partial charge in [-0.2, -0.15) is 0 Å². The van der Waals surface area contributed by atoms with Gasteiger partial charge in [0.2, 0.25) is 0 Å². The van der Waals surface area contributed by atoms with Crippen molar-refractivity contribution in [2.24, 2.45) is 0 Å². The number of halogens is 1. The molecule has 0 aliphatic rings. The molecule has 1 aromatic carbocycles. The minimum Gasteiger partial charge on any atom is -0.302 e. The fourth-order valence-electron chi connectivity index (χ4n) is 2.38. The number of carbonyl (C=O) groups is 1. The third-order valence-electron chi connectivity index (χ3n) is 3.60. The van der Waals surface area contributed by atoms with Crippen LogP contribution in [0.25, 0.3) is 11.4 Å². The molecule has 2 aromatic heterocycles. The smallest absolute Gasteiger partial charge is 0.191 e. The van der Waals surface area contributed by atoms with E-state index in [1.54, 1.807) is 36.7 Å². The van der Waals surface area contributed by atoms with Crippen molar-refractivity contribution < 1.29 is 4.79 Å². The summed E-state index contributed by atoms with van der Waals surface area (Å²) >= 11 is 7.26. The first-order valence-corrected chi connectivity index (χ1v) is 9.30. The summed E-state index contributed by atoms with van der Waals surface area (Å²) in [6.45, 7) is 2.89. The van der Waals surface area contributed by atoms with Crippen LogP contribution in [-0.4, -0.2) is 31.3 Å². The lowest BCUT2D eigenvalue weighted by Gasteiger charge is -2.08. The lowest BCUT2D eigenvalue weighted by molar-refractivity contribution is 0.102. The Hall–Kier alpha value is -2.18. The molecule has 3 aromatic rings. The van der Waals surface area contributed by atoms with Gasteiger partial charge in [0, 0.05) is 35.1 Å². The maximum atomic E-state index is 12.3. The number of pyridine rings is 1. The van der Waals surface area contributed by atoms with Crippen LogP contribution < -0.4 is 0 Å². The van der Waals surface area contributed by atoms with E-state index in [2.05, 4.69) is 26.7 Å². The molecule has 0 aliphatic heterocycles. The summed E-state index contributed by atoms with van der Waals surface area (Å²) in [6, 6.07) is 10.7. The fourth-order valence-corrected chi connectivity index (χ4v) is 3.37. The van der Waals surface area contributed by atoms with E-state index in [9.17, 15) is 4.79 Å². The van der Waals surface area contributed by atoms with Gasteiger partial charge in [-0.05, 0) is 42.8 Å². The van der Waals surface area contributed by atoms with Crippen molar-refractivity contribution in [2.75, 3.05) is 5.75 Å². The minimum atomic E-state index is 0.0400. The van der Waals surface area contributed by atoms with Crippen molar-refractivity contribution in [3.05, 3.63) is 59.4 Å². The Morgan fingerprint density at radius 1 is 1.12 bits per heavy atom. The second-order valence-electron chi connectivity index (χ2n) is 5.41. The van der Waals surface area contributed by atoms with Crippen LogP contribution in [-0.2, 0) is 6.54 Å². The maximum Gasteiger partial charge on any atom is 0.191 e. The highest BCUT2D eigenvalue weighted by Gasteiger charge is 2.15. The Bertz CT molecular complexity index is 849. The summed E-state index contributed by atoms with van der Waals surface area (Å²) in [5.41, 5.74) is 1.61. The van der Waals surface area contributed by atoms with Crippen molar-refractivity contribution >= 4 is 29.1 Å². The molecule has 0 unspecified atom stereocenters. The lowest BCUT2D eigenvalue weighted by atomic mass is 10.1. The Morgan fingerprint density at radius 3 is 2.52 bits per heavy atom.